The Kier molecular flexibility index (Phi) is 8.34. The number of nitrogens with zero attached hydrogens (tertiary/aromatic N) is 6. The third kappa shape index (κ3) is 6.29. The van der Waals surface area contributed by atoms with Crippen LogP contribution in [-0.4, -0.2) is 82.9 Å². The van der Waals surface area contributed by atoms with Gasteiger partial charge in [-0.05, 0) is 67.3 Å². The summed E-state index contributed by atoms with van der Waals surface area (Å²) in [6, 6.07) is 19.8. The van der Waals surface area contributed by atoms with Gasteiger partial charge in [-0.1, -0.05) is 52.9 Å². The van der Waals surface area contributed by atoms with Crippen LogP contribution in [0.2, 0.25) is 0 Å². The maximum Gasteiger partial charge on any atom is 0.241 e. The number of hydrogen-bond donors (Lipinski definition) is 2. The molecule has 1 fully saturated rings. The Bertz CT molecular complexity index is 1940. The molecule has 0 bridgehead atoms. The van der Waals surface area contributed by atoms with E-state index in [1.165, 1.54) is 5.57 Å². The smallest absolute Gasteiger partial charge is 0.241 e. The van der Waals surface area contributed by atoms with Crippen LogP contribution in [0.15, 0.2) is 85.3 Å². The Morgan fingerprint density at radius 3 is 2.52 bits per heavy atom. The quantitative estimate of drug-likeness (QED) is 0.168. The van der Waals surface area contributed by atoms with Crippen molar-refractivity contribution in [3.63, 3.8) is 0 Å². The van der Waals surface area contributed by atoms with Crippen LogP contribution in [0.1, 0.15) is 24.1 Å². The molecule has 0 spiro atoms. The standard InChI is InChI=1S/C35H33IN8O2/c1-23-19-27(9-15-37-23)32-29-20-28(7-8-30(29)41-42-32)40-34(46)35(36)12-18-43(22-35)21-31(45)44-16-10-25(11-17-44)24-3-5-26(6-4-24)33-38-13-2-14-39-33/h2-10,13-15,19-20H,11-12,16-18,21-22H2,1H3,(H,40,46)(H,41,42)/t35-/m0/s1. The monoisotopic (exact) mass is 724 g/mol. The summed E-state index contributed by atoms with van der Waals surface area (Å²) in [6.07, 6.45) is 8.88. The molecule has 232 valence electrons. The van der Waals surface area contributed by atoms with E-state index in [2.05, 4.69) is 76.2 Å². The minimum atomic E-state index is -0.625. The van der Waals surface area contributed by atoms with E-state index in [0.717, 1.165) is 51.1 Å². The van der Waals surface area contributed by atoms with Crippen LogP contribution in [0, 0.1) is 6.92 Å². The predicted octanol–water partition coefficient (Wildman–Crippen LogP) is 5.52. The van der Waals surface area contributed by atoms with Gasteiger partial charge in [0.05, 0.1) is 12.1 Å². The van der Waals surface area contributed by atoms with Gasteiger partial charge in [-0.25, -0.2) is 9.97 Å². The first-order chi connectivity index (χ1) is 22.3. The Labute approximate surface area is 280 Å². The molecule has 2 amide bonds. The van der Waals surface area contributed by atoms with Crippen molar-refractivity contribution in [3.8, 4) is 22.6 Å². The van der Waals surface area contributed by atoms with Crippen LogP contribution in [0.25, 0.3) is 39.1 Å². The molecule has 2 aromatic carbocycles. The van der Waals surface area contributed by atoms with Gasteiger partial charge in [-0.3, -0.25) is 24.6 Å². The molecule has 2 aliphatic rings. The number of nitrogens with one attached hydrogen (secondary N) is 2. The van der Waals surface area contributed by atoms with Crippen molar-refractivity contribution < 1.29 is 9.59 Å². The van der Waals surface area contributed by atoms with Crippen molar-refractivity contribution in [3.05, 3.63) is 96.6 Å². The second-order valence-corrected chi connectivity index (χ2v) is 13.9. The number of aryl methyl sites for hydroxylation is 1. The maximum absolute atomic E-state index is 13.5. The number of alkyl halides is 1. The van der Waals surface area contributed by atoms with Gasteiger partial charge in [0.1, 0.15) is 9.12 Å². The van der Waals surface area contributed by atoms with Gasteiger partial charge in [0.2, 0.25) is 11.8 Å². The molecule has 1 atom stereocenters. The van der Waals surface area contributed by atoms with E-state index in [0.29, 0.717) is 45.0 Å². The number of carbonyl (C=O) groups is 2. The molecule has 0 unspecified atom stereocenters. The third-order valence-electron chi connectivity index (χ3n) is 8.70. The first-order valence-electron chi connectivity index (χ1n) is 15.3. The highest BCUT2D eigenvalue weighted by Crippen LogP contribution is 2.34. The highest BCUT2D eigenvalue weighted by atomic mass is 127. The van der Waals surface area contributed by atoms with Gasteiger partial charge < -0.3 is 10.2 Å². The van der Waals surface area contributed by atoms with Crippen LogP contribution >= 0.6 is 22.6 Å². The fourth-order valence-electron chi connectivity index (χ4n) is 6.15. The van der Waals surface area contributed by atoms with Crippen molar-refractivity contribution in [2.24, 2.45) is 0 Å². The van der Waals surface area contributed by atoms with Crippen molar-refractivity contribution in [1.29, 1.82) is 0 Å². The number of H-pyrrole nitrogens is 1. The number of benzene rings is 2. The van der Waals surface area contributed by atoms with Gasteiger partial charge in [0.15, 0.2) is 5.82 Å². The molecule has 5 aromatic rings. The summed E-state index contributed by atoms with van der Waals surface area (Å²) >= 11 is 2.26. The Hall–Kier alpha value is -4.49. The molecule has 3 aromatic heterocycles. The van der Waals surface area contributed by atoms with Crippen LogP contribution in [0.4, 0.5) is 5.69 Å². The number of likely N-dealkylation sites (tertiary alicyclic amines) is 1. The summed E-state index contributed by atoms with van der Waals surface area (Å²) < 4.78 is -0.625. The van der Waals surface area contributed by atoms with E-state index in [1.54, 1.807) is 18.6 Å². The van der Waals surface area contributed by atoms with E-state index < -0.39 is 3.42 Å². The topological polar surface area (TPSA) is 120 Å². The van der Waals surface area contributed by atoms with Crippen LogP contribution in [0.5, 0.6) is 0 Å². The zero-order valence-electron chi connectivity index (χ0n) is 25.4. The number of halogens is 1. The molecular weight excluding hydrogens is 691 g/mol. The number of fused-ring (bicyclic) bond motifs is 1. The SMILES string of the molecule is Cc1cc(-c2n[nH]c3ccc(NC(=O)[C@]4(I)CCN(CC(=O)N5CC=C(c6ccc(-c7ncccn7)cc6)CC5)C4)cc23)ccn1. The van der Waals surface area contributed by atoms with Crippen molar-refractivity contribution in [2.75, 3.05) is 38.0 Å². The third-order valence-corrected chi connectivity index (χ3v) is 10.1. The highest BCUT2D eigenvalue weighted by molar-refractivity contribution is 14.1. The molecule has 1 saturated heterocycles. The zero-order chi connectivity index (χ0) is 31.7. The Balaban J connectivity index is 0.945. The second-order valence-electron chi connectivity index (χ2n) is 11.9. The van der Waals surface area contributed by atoms with E-state index in [1.807, 2.05) is 60.4 Å². The summed E-state index contributed by atoms with van der Waals surface area (Å²) in [7, 11) is 0. The summed E-state index contributed by atoms with van der Waals surface area (Å²) in [6.45, 7) is 4.73. The summed E-state index contributed by atoms with van der Waals surface area (Å²) in [5.74, 6) is 0.750. The zero-order valence-corrected chi connectivity index (χ0v) is 27.6. The summed E-state index contributed by atoms with van der Waals surface area (Å²) in [4.78, 5) is 43.7. The number of carbonyl (C=O) groups excluding carboxylic acids is 2. The molecule has 7 rings (SSSR count). The van der Waals surface area contributed by atoms with Crippen molar-refractivity contribution in [1.82, 2.24) is 34.9 Å². The first kappa shape index (κ1) is 30.2. The lowest BCUT2D eigenvalue weighted by atomic mass is 9.98. The van der Waals surface area contributed by atoms with E-state index in [4.69, 9.17) is 0 Å². The minimum absolute atomic E-state index is 0.0532. The maximum atomic E-state index is 13.5. The van der Waals surface area contributed by atoms with Crippen LogP contribution in [0.3, 0.4) is 0 Å². The number of amides is 2. The summed E-state index contributed by atoms with van der Waals surface area (Å²) in [5.41, 5.74) is 7.69. The molecule has 0 radical (unpaired) electrons. The molecule has 46 heavy (non-hydrogen) atoms. The lowest BCUT2D eigenvalue weighted by molar-refractivity contribution is -0.132. The highest BCUT2D eigenvalue weighted by Gasteiger charge is 2.43. The molecule has 2 N–H and O–H groups in total. The van der Waals surface area contributed by atoms with E-state index in [9.17, 15) is 9.59 Å². The number of aromatic amines is 1. The lowest BCUT2D eigenvalue weighted by Crippen LogP contribution is -2.44. The fraction of sp³-hybridized carbons (Fsp3) is 0.257. The molecule has 0 aliphatic carbocycles. The molecule has 11 heteroatoms. The van der Waals surface area contributed by atoms with E-state index >= 15 is 0 Å². The number of anilines is 1. The fourth-order valence-corrected chi connectivity index (χ4v) is 7.01. The number of aromatic nitrogens is 5. The van der Waals surface area contributed by atoms with Crippen LogP contribution in [-0.2, 0) is 9.59 Å². The Morgan fingerprint density at radius 1 is 0.957 bits per heavy atom. The number of rotatable bonds is 7. The molecule has 10 nitrogen and oxygen atoms in total. The van der Waals surface area contributed by atoms with Gasteiger partial charge >= 0.3 is 0 Å². The number of pyridine rings is 1. The average Bonchev–Trinajstić information content (AvgIpc) is 3.69. The molecule has 5 heterocycles. The predicted molar refractivity (Wildman–Crippen MR) is 187 cm³/mol. The van der Waals surface area contributed by atoms with Crippen LogP contribution < -0.4 is 5.32 Å². The van der Waals surface area contributed by atoms with Crippen molar-refractivity contribution >= 4 is 56.6 Å². The van der Waals surface area contributed by atoms with Gasteiger partial charge in [0.25, 0.3) is 0 Å². The Morgan fingerprint density at radius 2 is 1.76 bits per heavy atom. The molecule has 2 aliphatic heterocycles. The average molecular weight is 725 g/mol. The molecular formula is C35H33IN8O2. The first-order valence-corrected chi connectivity index (χ1v) is 16.4. The van der Waals surface area contributed by atoms with Gasteiger partial charge in [-0.2, -0.15) is 5.10 Å². The van der Waals surface area contributed by atoms with Gasteiger partial charge in [-0.15, -0.1) is 0 Å². The normalized spacial score (nSPS) is 18.5. The lowest BCUT2D eigenvalue weighted by Gasteiger charge is -2.29. The molecule has 0 saturated carbocycles. The van der Waals surface area contributed by atoms with Crippen molar-refractivity contribution in [2.45, 2.75) is 23.2 Å². The summed E-state index contributed by atoms with van der Waals surface area (Å²) in [5, 5.41) is 11.7. The van der Waals surface area contributed by atoms with Gasteiger partial charge in [0, 0.05) is 72.7 Å². The largest absolute Gasteiger partial charge is 0.338 e. The number of hydrogen-bond acceptors (Lipinski definition) is 7. The van der Waals surface area contributed by atoms with E-state index in [-0.39, 0.29) is 11.8 Å². The second kappa shape index (κ2) is 12.7. The minimum Gasteiger partial charge on any atom is -0.338 e.